The van der Waals surface area contributed by atoms with Gasteiger partial charge in [0.15, 0.2) is 0 Å². The standard InChI is InChI=1S/C34H38N4O4/c1-7-21-17(3)25-13-26-19(5)23(9-11-33(39)40)31(37-26)16-32-24(10-12-34(41)42)20(6)28(38-32)15-30-22(8-2)18(4)27(36-30)14-29(21)35-25/h7-8,14-16,18,20,29,36,38H,1-2,9-13H2,3-6H3,(H,39,40)(H,41,42). The quantitative estimate of drug-likeness (QED) is 0.284. The first-order valence-corrected chi connectivity index (χ1v) is 14.4. The van der Waals surface area contributed by atoms with Crippen molar-refractivity contribution in [2.24, 2.45) is 21.8 Å². The third kappa shape index (κ3) is 5.29. The van der Waals surface area contributed by atoms with E-state index in [9.17, 15) is 19.8 Å². The van der Waals surface area contributed by atoms with Gasteiger partial charge in [0.05, 0.1) is 17.5 Å². The van der Waals surface area contributed by atoms with Gasteiger partial charge in [0.25, 0.3) is 0 Å². The van der Waals surface area contributed by atoms with Crippen LogP contribution in [-0.2, 0) is 9.59 Å². The van der Waals surface area contributed by atoms with Gasteiger partial charge < -0.3 is 20.8 Å². The smallest absolute Gasteiger partial charge is 0.303 e. The Kier molecular flexibility index (Phi) is 7.91. The highest BCUT2D eigenvalue weighted by Crippen LogP contribution is 2.40. The Balaban J connectivity index is 1.70. The van der Waals surface area contributed by atoms with E-state index in [1.165, 1.54) is 0 Å². The molecule has 0 radical (unpaired) electrons. The third-order valence-electron chi connectivity index (χ3n) is 8.96. The number of rotatable bonds is 8. The Morgan fingerprint density at radius 3 is 2.24 bits per heavy atom. The molecule has 8 bridgehead atoms. The van der Waals surface area contributed by atoms with Crippen molar-refractivity contribution in [3.63, 3.8) is 0 Å². The van der Waals surface area contributed by atoms with Gasteiger partial charge in [0.1, 0.15) is 0 Å². The molecule has 5 aliphatic rings. The third-order valence-corrected chi connectivity index (χ3v) is 8.96. The minimum absolute atomic E-state index is 0.00874. The molecule has 42 heavy (non-hydrogen) atoms. The van der Waals surface area contributed by atoms with Crippen molar-refractivity contribution in [1.82, 2.24) is 10.6 Å². The lowest BCUT2D eigenvalue weighted by molar-refractivity contribution is -0.138. The lowest BCUT2D eigenvalue weighted by Crippen LogP contribution is -2.14. The SMILES string of the molecule is C=CC1=C(C)C2=NC1C=C1NC(=C(C=C)C1C)C=C1NC(=C(CCC(=O)O)C1C)C=C1N=C(C2)C(C)=C1CCC(=O)O. The molecule has 8 nitrogen and oxygen atoms in total. The summed E-state index contributed by atoms with van der Waals surface area (Å²) in [5.41, 5.74) is 12.3. The fourth-order valence-electron chi connectivity index (χ4n) is 6.40. The lowest BCUT2D eigenvalue weighted by atomic mass is 9.93. The molecule has 0 saturated heterocycles. The monoisotopic (exact) mass is 566 g/mol. The normalized spacial score (nSPS) is 25.0. The molecule has 0 aromatic heterocycles. The van der Waals surface area contributed by atoms with Gasteiger partial charge in [0.2, 0.25) is 0 Å². The van der Waals surface area contributed by atoms with Crippen LogP contribution in [0.4, 0.5) is 0 Å². The topological polar surface area (TPSA) is 123 Å². The second-order valence-electron chi connectivity index (χ2n) is 11.4. The van der Waals surface area contributed by atoms with E-state index in [-0.39, 0.29) is 30.7 Å². The molecule has 5 aliphatic heterocycles. The highest BCUT2D eigenvalue weighted by molar-refractivity contribution is 6.20. The Labute approximate surface area is 246 Å². The molecule has 8 heteroatoms. The molecule has 0 fully saturated rings. The summed E-state index contributed by atoms with van der Waals surface area (Å²) in [6.07, 6.45) is 11.2. The number of fused-ring (bicyclic) bond motifs is 6. The fraction of sp³-hybridized carbons (Fsp3) is 0.353. The Morgan fingerprint density at radius 2 is 1.57 bits per heavy atom. The van der Waals surface area contributed by atoms with Gasteiger partial charge in [-0.15, -0.1) is 0 Å². The second-order valence-corrected chi connectivity index (χ2v) is 11.4. The van der Waals surface area contributed by atoms with E-state index in [4.69, 9.17) is 9.98 Å². The summed E-state index contributed by atoms with van der Waals surface area (Å²) in [7, 11) is 0. The number of carboxylic acids is 2. The minimum atomic E-state index is -0.866. The van der Waals surface area contributed by atoms with Crippen LogP contribution in [0, 0.1) is 11.8 Å². The summed E-state index contributed by atoms with van der Waals surface area (Å²) in [5, 5.41) is 26.1. The van der Waals surface area contributed by atoms with Crippen LogP contribution in [0.5, 0.6) is 0 Å². The lowest BCUT2D eigenvalue weighted by Gasteiger charge is -2.12. The Morgan fingerprint density at radius 1 is 0.905 bits per heavy atom. The van der Waals surface area contributed by atoms with Crippen molar-refractivity contribution in [1.29, 1.82) is 0 Å². The molecule has 3 atom stereocenters. The van der Waals surface area contributed by atoms with E-state index >= 15 is 0 Å². The number of aliphatic carboxylic acids is 2. The van der Waals surface area contributed by atoms with E-state index in [1.54, 1.807) is 0 Å². The summed E-state index contributed by atoms with van der Waals surface area (Å²) < 4.78 is 0. The van der Waals surface area contributed by atoms with E-state index in [2.05, 4.69) is 56.7 Å². The molecule has 0 aromatic rings. The highest BCUT2D eigenvalue weighted by Gasteiger charge is 2.33. The number of nitrogens with one attached hydrogen (secondary N) is 2. The van der Waals surface area contributed by atoms with Gasteiger partial charge in [-0.05, 0) is 78.4 Å². The Hall–Kier alpha value is -4.46. The molecule has 0 saturated carbocycles. The van der Waals surface area contributed by atoms with Crippen molar-refractivity contribution in [3.8, 4) is 0 Å². The number of hydrogen-bond donors (Lipinski definition) is 4. The van der Waals surface area contributed by atoms with Crippen LogP contribution >= 0.6 is 0 Å². The largest absolute Gasteiger partial charge is 0.481 e. The summed E-state index contributed by atoms with van der Waals surface area (Å²) in [6.45, 7) is 16.5. The van der Waals surface area contributed by atoms with Gasteiger partial charge in [-0.3, -0.25) is 19.6 Å². The van der Waals surface area contributed by atoms with Crippen LogP contribution in [0.25, 0.3) is 0 Å². The van der Waals surface area contributed by atoms with Gasteiger partial charge in [-0.1, -0.05) is 39.2 Å². The van der Waals surface area contributed by atoms with Gasteiger partial charge in [-0.2, -0.15) is 0 Å². The predicted molar refractivity (Wildman–Crippen MR) is 166 cm³/mol. The Bertz CT molecular complexity index is 1590. The number of aliphatic imine (C=N–C) groups is 2. The van der Waals surface area contributed by atoms with Crippen molar-refractivity contribution < 1.29 is 19.8 Å². The van der Waals surface area contributed by atoms with Crippen LogP contribution < -0.4 is 10.6 Å². The van der Waals surface area contributed by atoms with Crippen LogP contribution in [0.3, 0.4) is 0 Å². The zero-order chi connectivity index (χ0) is 30.3. The van der Waals surface area contributed by atoms with Crippen LogP contribution in [0.15, 0.2) is 115 Å². The van der Waals surface area contributed by atoms with Gasteiger partial charge >= 0.3 is 11.9 Å². The molecular weight excluding hydrogens is 528 g/mol. The number of carboxylic acid groups (broad SMARTS) is 2. The first-order chi connectivity index (χ1) is 20.0. The molecule has 4 N–H and O–H groups in total. The average molecular weight is 567 g/mol. The molecule has 5 rings (SSSR count). The molecule has 5 heterocycles. The van der Waals surface area contributed by atoms with E-state index in [0.717, 1.165) is 67.7 Å². The summed E-state index contributed by atoms with van der Waals surface area (Å²) >= 11 is 0. The molecule has 218 valence electrons. The maximum atomic E-state index is 11.5. The van der Waals surface area contributed by atoms with Crippen molar-refractivity contribution >= 4 is 23.4 Å². The average Bonchev–Trinajstić information content (AvgIpc) is 3.59. The highest BCUT2D eigenvalue weighted by atomic mass is 16.4. The van der Waals surface area contributed by atoms with Crippen LogP contribution in [-0.4, -0.2) is 39.6 Å². The van der Waals surface area contributed by atoms with Crippen molar-refractivity contribution in [2.75, 3.05) is 0 Å². The molecule has 0 amide bonds. The van der Waals surface area contributed by atoms with Gasteiger partial charge in [-0.25, -0.2) is 0 Å². The molecule has 3 unspecified atom stereocenters. The summed E-state index contributed by atoms with van der Waals surface area (Å²) in [6, 6.07) is -0.180. The van der Waals surface area contributed by atoms with Crippen molar-refractivity contribution in [2.45, 2.75) is 65.8 Å². The predicted octanol–water partition coefficient (Wildman–Crippen LogP) is 6.04. The number of allylic oxidation sites excluding steroid dienone is 8. The molecule has 0 aromatic carbocycles. The summed E-state index contributed by atoms with van der Waals surface area (Å²) in [4.78, 5) is 33.2. The molecular formula is C34H38N4O4. The van der Waals surface area contributed by atoms with Crippen molar-refractivity contribution in [3.05, 3.63) is 105 Å². The van der Waals surface area contributed by atoms with E-state index < -0.39 is 11.9 Å². The maximum Gasteiger partial charge on any atom is 0.303 e. The van der Waals surface area contributed by atoms with E-state index in [0.29, 0.717) is 25.0 Å². The maximum absolute atomic E-state index is 11.5. The zero-order valence-electron chi connectivity index (χ0n) is 24.7. The molecule has 0 spiro atoms. The first kappa shape index (κ1) is 29.0. The fourth-order valence-corrected chi connectivity index (χ4v) is 6.40. The zero-order valence-corrected chi connectivity index (χ0v) is 24.7. The summed E-state index contributed by atoms with van der Waals surface area (Å²) in [5.74, 6) is -1.68. The van der Waals surface area contributed by atoms with E-state index in [1.807, 2.05) is 25.2 Å². The second kappa shape index (κ2) is 11.4. The van der Waals surface area contributed by atoms with Crippen LogP contribution in [0.1, 0.15) is 59.8 Å². The number of nitrogens with zero attached hydrogens (tertiary/aromatic N) is 2. The molecule has 0 aliphatic carbocycles. The van der Waals surface area contributed by atoms with Crippen LogP contribution in [0.2, 0.25) is 0 Å². The number of hydrogen-bond acceptors (Lipinski definition) is 6. The van der Waals surface area contributed by atoms with Gasteiger partial charge in [0, 0.05) is 59.6 Å². The minimum Gasteiger partial charge on any atom is -0.481 e. The number of carbonyl (C=O) groups is 2. The first-order valence-electron chi connectivity index (χ1n) is 14.4.